The molecule has 4 nitrogen and oxygen atoms in total. The number of nitrogens with zero attached hydrogens (tertiary/aromatic N) is 1. The van der Waals surface area contributed by atoms with Gasteiger partial charge in [0, 0.05) is 26.1 Å². The lowest BCUT2D eigenvalue weighted by Gasteiger charge is -2.35. The van der Waals surface area contributed by atoms with Crippen LogP contribution in [0.4, 0.5) is 0 Å². The van der Waals surface area contributed by atoms with Crippen molar-refractivity contribution in [2.24, 2.45) is 5.73 Å². The van der Waals surface area contributed by atoms with E-state index in [0.29, 0.717) is 18.6 Å². The summed E-state index contributed by atoms with van der Waals surface area (Å²) in [4.78, 5) is 2.31. The number of morpholine rings is 1. The molecule has 0 radical (unpaired) electrons. The summed E-state index contributed by atoms with van der Waals surface area (Å²) in [5, 5.41) is 7.13. The van der Waals surface area contributed by atoms with E-state index >= 15 is 0 Å². The van der Waals surface area contributed by atoms with Gasteiger partial charge in [0.05, 0.1) is 18.0 Å². The molecule has 0 bridgehead atoms. The quantitative estimate of drug-likeness (QED) is 0.495. The first kappa shape index (κ1) is 10.5. The molecule has 76 valence electrons. The molecule has 0 amide bonds. The van der Waals surface area contributed by atoms with Gasteiger partial charge in [-0.2, -0.15) is 0 Å². The van der Waals surface area contributed by atoms with E-state index in [0.717, 1.165) is 19.6 Å². The molecule has 0 aromatic carbocycles. The van der Waals surface area contributed by atoms with E-state index in [1.54, 1.807) is 0 Å². The lowest BCUT2D eigenvalue weighted by Crippen LogP contribution is -2.46. The highest BCUT2D eigenvalue weighted by Crippen LogP contribution is 2.10. The molecule has 1 heterocycles. The molecule has 0 aromatic rings. The number of hydrogen-bond acceptors (Lipinski definition) is 3. The second kappa shape index (κ2) is 4.58. The molecule has 0 unspecified atom stereocenters. The van der Waals surface area contributed by atoms with Crippen LogP contribution in [0.3, 0.4) is 0 Å². The van der Waals surface area contributed by atoms with Crippen molar-refractivity contribution in [1.82, 2.24) is 4.90 Å². The second-order valence-corrected chi connectivity index (χ2v) is 3.79. The van der Waals surface area contributed by atoms with E-state index in [4.69, 9.17) is 15.9 Å². The normalized spacial score (nSPS) is 30.3. The van der Waals surface area contributed by atoms with Gasteiger partial charge in [0.2, 0.25) is 0 Å². The van der Waals surface area contributed by atoms with Gasteiger partial charge in [0.25, 0.3) is 0 Å². The molecule has 0 aliphatic carbocycles. The average molecular weight is 185 g/mol. The summed E-state index contributed by atoms with van der Waals surface area (Å²) < 4.78 is 5.60. The molecule has 4 heteroatoms. The van der Waals surface area contributed by atoms with Crippen molar-refractivity contribution in [1.29, 1.82) is 5.41 Å². The molecule has 2 atom stereocenters. The molecule has 3 N–H and O–H groups in total. The number of rotatable bonds is 3. The maximum absolute atomic E-state index is 7.13. The monoisotopic (exact) mass is 185 g/mol. The summed E-state index contributed by atoms with van der Waals surface area (Å²) in [6, 6.07) is 0. The molecule has 1 fully saturated rings. The third-order valence-electron chi connectivity index (χ3n) is 2.19. The van der Waals surface area contributed by atoms with E-state index in [1.165, 1.54) is 0 Å². The summed E-state index contributed by atoms with van der Waals surface area (Å²) in [5.74, 6) is 0.270. The fraction of sp³-hybridized carbons (Fsp3) is 0.889. The van der Waals surface area contributed by atoms with Crippen LogP contribution in [0, 0.1) is 5.41 Å². The Morgan fingerprint density at radius 2 is 2.00 bits per heavy atom. The summed E-state index contributed by atoms with van der Waals surface area (Å²) in [6.07, 6.45) is 1.27. The van der Waals surface area contributed by atoms with E-state index in [1.807, 2.05) is 0 Å². The zero-order chi connectivity index (χ0) is 9.84. The van der Waals surface area contributed by atoms with E-state index in [2.05, 4.69) is 18.7 Å². The Morgan fingerprint density at radius 1 is 1.46 bits per heavy atom. The van der Waals surface area contributed by atoms with Gasteiger partial charge < -0.3 is 10.5 Å². The second-order valence-electron chi connectivity index (χ2n) is 3.79. The van der Waals surface area contributed by atoms with Crippen LogP contribution >= 0.6 is 0 Å². The van der Waals surface area contributed by atoms with E-state index < -0.39 is 0 Å². The third kappa shape index (κ3) is 3.74. The largest absolute Gasteiger partial charge is 0.388 e. The first-order chi connectivity index (χ1) is 6.08. The van der Waals surface area contributed by atoms with Gasteiger partial charge in [-0.05, 0) is 13.8 Å². The zero-order valence-electron chi connectivity index (χ0n) is 8.42. The summed E-state index contributed by atoms with van der Waals surface area (Å²) in [7, 11) is 0. The van der Waals surface area contributed by atoms with E-state index in [-0.39, 0.29) is 5.84 Å². The molecular weight excluding hydrogens is 166 g/mol. The maximum Gasteiger partial charge on any atom is 0.0918 e. The SMILES string of the molecule is C[C@H]1CN(CCC(=N)N)C[C@H](C)O1. The Labute approximate surface area is 79.6 Å². The number of amidine groups is 1. The van der Waals surface area contributed by atoms with Gasteiger partial charge in [-0.1, -0.05) is 0 Å². The first-order valence-electron chi connectivity index (χ1n) is 4.78. The van der Waals surface area contributed by atoms with Crippen LogP contribution in [0.15, 0.2) is 0 Å². The number of hydrogen-bond donors (Lipinski definition) is 2. The highest BCUT2D eigenvalue weighted by atomic mass is 16.5. The Kier molecular flexibility index (Phi) is 3.69. The van der Waals surface area contributed by atoms with Crippen LogP contribution in [-0.4, -0.2) is 42.6 Å². The lowest BCUT2D eigenvalue weighted by atomic mass is 10.2. The highest BCUT2D eigenvalue weighted by Gasteiger charge is 2.21. The Bertz CT molecular complexity index is 174. The van der Waals surface area contributed by atoms with E-state index in [9.17, 15) is 0 Å². The molecule has 0 aromatic heterocycles. The number of nitrogens with one attached hydrogen (secondary N) is 1. The van der Waals surface area contributed by atoms with Crippen molar-refractivity contribution in [2.75, 3.05) is 19.6 Å². The van der Waals surface area contributed by atoms with Gasteiger partial charge >= 0.3 is 0 Å². The van der Waals surface area contributed by atoms with Gasteiger partial charge in [-0.3, -0.25) is 10.3 Å². The highest BCUT2D eigenvalue weighted by molar-refractivity contribution is 5.76. The molecule has 0 spiro atoms. The maximum atomic E-state index is 7.13. The average Bonchev–Trinajstić information content (AvgIpc) is 1.99. The van der Waals surface area contributed by atoms with Gasteiger partial charge in [-0.25, -0.2) is 0 Å². The van der Waals surface area contributed by atoms with Crippen molar-refractivity contribution in [3.63, 3.8) is 0 Å². The summed E-state index contributed by atoms with van der Waals surface area (Å²) in [5.41, 5.74) is 5.30. The molecule has 0 saturated carbocycles. The first-order valence-corrected chi connectivity index (χ1v) is 4.78. The summed E-state index contributed by atoms with van der Waals surface area (Å²) in [6.45, 7) is 6.95. The van der Waals surface area contributed by atoms with Gasteiger partial charge in [0.1, 0.15) is 0 Å². The molecule has 1 rings (SSSR count). The Morgan fingerprint density at radius 3 is 2.46 bits per heavy atom. The molecule has 1 saturated heterocycles. The van der Waals surface area contributed by atoms with Crippen molar-refractivity contribution in [3.8, 4) is 0 Å². The van der Waals surface area contributed by atoms with Crippen LogP contribution in [0.5, 0.6) is 0 Å². The molecular formula is C9H19N3O. The predicted octanol–water partition coefficient (Wildman–Crippen LogP) is 0.422. The minimum Gasteiger partial charge on any atom is -0.388 e. The third-order valence-corrected chi connectivity index (χ3v) is 2.19. The minimum absolute atomic E-state index is 0.270. The number of ether oxygens (including phenoxy) is 1. The fourth-order valence-electron chi connectivity index (χ4n) is 1.75. The van der Waals surface area contributed by atoms with Crippen molar-refractivity contribution in [2.45, 2.75) is 32.5 Å². The zero-order valence-corrected chi connectivity index (χ0v) is 8.42. The number of nitrogens with two attached hydrogens (primary N) is 1. The Hall–Kier alpha value is -0.610. The topological polar surface area (TPSA) is 62.3 Å². The predicted molar refractivity (Wildman–Crippen MR) is 53.0 cm³/mol. The van der Waals surface area contributed by atoms with Crippen LogP contribution < -0.4 is 5.73 Å². The van der Waals surface area contributed by atoms with Crippen molar-refractivity contribution < 1.29 is 4.74 Å². The standard InChI is InChI=1S/C9H19N3O/c1-7-5-12(4-3-9(10)11)6-8(2)13-7/h7-8H,3-6H2,1-2H3,(H3,10,11)/t7-,8-/m0/s1. The molecule has 1 aliphatic rings. The molecule has 13 heavy (non-hydrogen) atoms. The fourth-order valence-corrected chi connectivity index (χ4v) is 1.75. The Balaban J connectivity index is 2.28. The van der Waals surface area contributed by atoms with Crippen LogP contribution in [-0.2, 0) is 4.74 Å². The minimum atomic E-state index is 0.270. The molecule has 1 aliphatic heterocycles. The van der Waals surface area contributed by atoms with Crippen molar-refractivity contribution in [3.05, 3.63) is 0 Å². The summed E-state index contributed by atoms with van der Waals surface area (Å²) >= 11 is 0. The van der Waals surface area contributed by atoms with Gasteiger partial charge in [-0.15, -0.1) is 0 Å². The lowest BCUT2D eigenvalue weighted by molar-refractivity contribution is -0.0671. The van der Waals surface area contributed by atoms with Crippen molar-refractivity contribution >= 4 is 5.84 Å². The van der Waals surface area contributed by atoms with Gasteiger partial charge in [0.15, 0.2) is 0 Å². The van der Waals surface area contributed by atoms with Crippen LogP contribution in [0.25, 0.3) is 0 Å². The van der Waals surface area contributed by atoms with Crippen LogP contribution in [0.2, 0.25) is 0 Å². The smallest absolute Gasteiger partial charge is 0.0918 e. The van der Waals surface area contributed by atoms with Crippen LogP contribution in [0.1, 0.15) is 20.3 Å².